The standard InChI is InChI=1S/C16H11ClN4S2/c17-16-21-10-14(23-16)9-20-12-3-5-13(6-4-12)22-15-11(8-18)2-1-7-19-15/h1-7,10,20H,9H2. The van der Waals surface area contributed by atoms with E-state index in [4.69, 9.17) is 16.9 Å². The number of hydrogen-bond donors (Lipinski definition) is 1. The van der Waals surface area contributed by atoms with Crippen molar-refractivity contribution in [2.75, 3.05) is 5.32 Å². The van der Waals surface area contributed by atoms with Gasteiger partial charge in [0.05, 0.1) is 12.1 Å². The molecule has 2 aromatic heterocycles. The monoisotopic (exact) mass is 358 g/mol. The first kappa shape index (κ1) is 15.8. The normalized spacial score (nSPS) is 10.3. The number of nitrogens with zero attached hydrogens (tertiary/aromatic N) is 3. The molecule has 0 atom stereocenters. The number of nitrogens with one attached hydrogen (secondary N) is 1. The number of pyridine rings is 1. The zero-order valence-corrected chi connectivity index (χ0v) is 14.3. The first-order valence-corrected chi connectivity index (χ1v) is 8.73. The van der Waals surface area contributed by atoms with Gasteiger partial charge in [-0.25, -0.2) is 9.97 Å². The van der Waals surface area contributed by atoms with Crippen molar-refractivity contribution in [2.24, 2.45) is 0 Å². The summed E-state index contributed by atoms with van der Waals surface area (Å²) < 4.78 is 0.553. The van der Waals surface area contributed by atoms with Crippen LogP contribution in [0.3, 0.4) is 0 Å². The van der Waals surface area contributed by atoms with E-state index in [1.54, 1.807) is 24.5 Å². The lowest BCUT2D eigenvalue weighted by Crippen LogP contribution is -1.96. The number of nitriles is 1. The van der Waals surface area contributed by atoms with E-state index in [0.29, 0.717) is 16.6 Å². The van der Waals surface area contributed by atoms with Gasteiger partial charge in [0, 0.05) is 27.9 Å². The maximum atomic E-state index is 9.09. The average molecular weight is 359 g/mol. The number of hydrogen-bond acceptors (Lipinski definition) is 6. The van der Waals surface area contributed by atoms with E-state index < -0.39 is 0 Å². The zero-order valence-electron chi connectivity index (χ0n) is 11.9. The summed E-state index contributed by atoms with van der Waals surface area (Å²) in [5, 5.41) is 13.1. The molecule has 4 nitrogen and oxygen atoms in total. The molecule has 0 saturated carbocycles. The quantitative estimate of drug-likeness (QED) is 0.708. The number of benzene rings is 1. The minimum Gasteiger partial charge on any atom is -0.380 e. The van der Waals surface area contributed by atoms with Gasteiger partial charge in [-0.15, -0.1) is 11.3 Å². The number of halogens is 1. The molecule has 114 valence electrons. The molecule has 0 spiro atoms. The molecule has 1 N–H and O–H groups in total. The molecule has 7 heteroatoms. The summed E-state index contributed by atoms with van der Waals surface area (Å²) in [4.78, 5) is 10.4. The highest BCUT2D eigenvalue weighted by atomic mass is 35.5. The molecule has 23 heavy (non-hydrogen) atoms. The number of thiazole rings is 1. The minimum atomic E-state index is 0.553. The van der Waals surface area contributed by atoms with Crippen LogP contribution in [-0.4, -0.2) is 9.97 Å². The first-order valence-electron chi connectivity index (χ1n) is 6.72. The van der Waals surface area contributed by atoms with E-state index in [0.717, 1.165) is 20.5 Å². The van der Waals surface area contributed by atoms with E-state index in [1.165, 1.54) is 23.1 Å². The van der Waals surface area contributed by atoms with Crippen molar-refractivity contribution in [3.8, 4) is 6.07 Å². The van der Waals surface area contributed by atoms with Crippen LogP contribution in [-0.2, 0) is 6.54 Å². The topological polar surface area (TPSA) is 61.6 Å². The lowest BCUT2D eigenvalue weighted by atomic mass is 10.3. The molecule has 0 aliphatic carbocycles. The van der Waals surface area contributed by atoms with Gasteiger partial charge in [0.25, 0.3) is 0 Å². The van der Waals surface area contributed by atoms with Crippen LogP contribution in [0.2, 0.25) is 4.47 Å². The van der Waals surface area contributed by atoms with Gasteiger partial charge in [-0.3, -0.25) is 0 Å². The Morgan fingerprint density at radius 1 is 1.22 bits per heavy atom. The lowest BCUT2D eigenvalue weighted by molar-refractivity contribution is 1.11. The average Bonchev–Trinajstić information content (AvgIpc) is 3.00. The summed E-state index contributed by atoms with van der Waals surface area (Å²) in [6.45, 7) is 0.690. The van der Waals surface area contributed by atoms with E-state index in [-0.39, 0.29) is 0 Å². The van der Waals surface area contributed by atoms with E-state index in [9.17, 15) is 0 Å². The fourth-order valence-corrected chi connectivity index (χ4v) is 3.61. The second-order valence-electron chi connectivity index (χ2n) is 4.53. The zero-order chi connectivity index (χ0) is 16.1. The van der Waals surface area contributed by atoms with Crippen LogP contribution in [0.4, 0.5) is 5.69 Å². The fraction of sp³-hybridized carbons (Fsp3) is 0.0625. The Kier molecular flexibility index (Phi) is 5.13. The fourth-order valence-electron chi connectivity index (χ4n) is 1.86. The summed E-state index contributed by atoms with van der Waals surface area (Å²) in [6.07, 6.45) is 3.47. The molecule has 2 heterocycles. The summed E-state index contributed by atoms with van der Waals surface area (Å²) >= 11 is 8.76. The highest BCUT2D eigenvalue weighted by molar-refractivity contribution is 7.99. The van der Waals surface area contributed by atoms with Crippen molar-refractivity contribution in [3.05, 3.63) is 63.7 Å². The van der Waals surface area contributed by atoms with E-state index in [2.05, 4.69) is 21.4 Å². The lowest BCUT2D eigenvalue weighted by Gasteiger charge is -2.06. The third-order valence-electron chi connectivity index (χ3n) is 2.95. The molecule has 0 aliphatic rings. The largest absolute Gasteiger partial charge is 0.380 e. The third-order valence-corrected chi connectivity index (χ3v) is 5.09. The summed E-state index contributed by atoms with van der Waals surface area (Å²) in [5.74, 6) is 0. The second kappa shape index (κ2) is 7.47. The molecule has 0 unspecified atom stereocenters. The van der Waals surface area contributed by atoms with Crippen molar-refractivity contribution in [3.63, 3.8) is 0 Å². The Labute approximate surface area is 147 Å². The highest BCUT2D eigenvalue weighted by Crippen LogP contribution is 2.29. The van der Waals surface area contributed by atoms with Gasteiger partial charge in [-0.1, -0.05) is 23.4 Å². The molecular weight excluding hydrogens is 348 g/mol. The molecule has 3 rings (SSSR count). The van der Waals surface area contributed by atoms with Crippen LogP contribution in [0.15, 0.2) is 58.7 Å². The van der Waals surface area contributed by atoms with Crippen molar-refractivity contribution in [1.29, 1.82) is 5.26 Å². The molecule has 0 amide bonds. The number of anilines is 1. The van der Waals surface area contributed by atoms with Crippen LogP contribution in [0.25, 0.3) is 0 Å². The predicted octanol–water partition coefficient (Wildman–Crippen LogP) is 4.83. The Morgan fingerprint density at radius 3 is 2.74 bits per heavy atom. The van der Waals surface area contributed by atoms with Crippen LogP contribution in [0, 0.1) is 11.3 Å². The Bertz CT molecular complexity index is 840. The van der Waals surface area contributed by atoms with Gasteiger partial charge < -0.3 is 5.32 Å². The molecule has 0 aliphatic heterocycles. The molecule has 0 radical (unpaired) electrons. The highest BCUT2D eigenvalue weighted by Gasteiger charge is 2.05. The molecular formula is C16H11ClN4S2. The summed E-state index contributed by atoms with van der Waals surface area (Å²) in [6, 6.07) is 13.7. The van der Waals surface area contributed by atoms with Crippen molar-refractivity contribution < 1.29 is 0 Å². The molecule has 0 saturated heterocycles. The van der Waals surface area contributed by atoms with Gasteiger partial charge >= 0.3 is 0 Å². The van der Waals surface area contributed by atoms with Crippen molar-refractivity contribution >= 4 is 40.4 Å². The second-order valence-corrected chi connectivity index (χ2v) is 7.29. The Morgan fingerprint density at radius 2 is 2.04 bits per heavy atom. The van der Waals surface area contributed by atoms with Crippen LogP contribution >= 0.6 is 34.7 Å². The van der Waals surface area contributed by atoms with Gasteiger partial charge in [0.2, 0.25) is 0 Å². The van der Waals surface area contributed by atoms with Gasteiger partial charge in [-0.2, -0.15) is 5.26 Å². The summed E-state index contributed by atoms with van der Waals surface area (Å²) in [7, 11) is 0. The molecule has 3 aromatic rings. The Hall–Kier alpha value is -2.07. The number of aromatic nitrogens is 2. The first-order chi connectivity index (χ1) is 11.2. The van der Waals surface area contributed by atoms with Gasteiger partial charge in [-0.05, 0) is 36.4 Å². The Balaban J connectivity index is 1.64. The van der Waals surface area contributed by atoms with Crippen molar-refractivity contribution in [2.45, 2.75) is 16.5 Å². The van der Waals surface area contributed by atoms with Crippen LogP contribution in [0.1, 0.15) is 10.4 Å². The van der Waals surface area contributed by atoms with Gasteiger partial charge in [0.15, 0.2) is 4.47 Å². The maximum absolute atomic E-state index is 9.09. The van der Waals surface area contributed by atoms with E-state index in [1.807, 2.05) is 24.3 Å². The SMILES string of the molecule is N#Cc1cccnc1Sc1ccc(NCc2cnc(Cl)s2)cc1. The van der Waals surface area contributed by atoms with Crippen molar-refractivity contribution in [1.82, 2.24) is 9.97 Å². The van der Waals surface area contributed by atoms with Gasteiger partial charge in [0.1, 0.15) is 11.1 Å². The smallest absolute Gasteiger partial charge is 0.183 e. The minimum absolute atomic E-state index is 0.553. The molecule has 0 bridgehead atoms. The predicted molar refractivity (Wildman–Crippen MR) is 94.0 cm³/mol. The van der Waals surface area contributed by atoms with Crippen LogP contribution < -0.4 is 5.32 Å². The maximum Gasteiger partial charge on any atom is 0.183 e. The van der Waals surface area contributed by atoms with Crippen LogP contribution in [0.5, 0.6) is 0 Å². The van der Waals surface area contributed by atoms with E-state index >= 15 is 0 Å². The molecule has 0 fully saturated rings. The molecule has 1 aromatic carbocycles. The number of rotatable bonds is 5. The summed E-state index contributed by atoms with van der Waals surface area (Å²) in [5.41, 5.74) is 1.60. The third kappa shape index (κ3) is 4.23.